The molecule has 0 fully saturated rings. The predicted octanol–water partition coefficient (Wildman–Crippen LogP) is 6.94. The maximum Gasteiger partial charge on any atom is 0.281 e. The van der Waals surface area contributed by atoms with Crippen LogP contribution >= 0.6 is 0 Å². The first-order chi connectivity index (χ1) is 10.6. The van der Waals surface area contributed by atoms with E-state index in [4.69, 9.17) is 5.39 Å². The largest absolute Gasteiger partial charge is 0.368 e. The van der Waals surface area contributed by atoms with Gasteiger partial charge in [0.25, 0.3) is 5.69 Å². The molecular formula is C20H30N3Y-. The van der Waals surface area contributed by atoms with Gasteiger partial charge in [-0.1, -0.05) is 76.6 Å². The van der Waals surface area contributed by atoms with Crippen molar-refractivity contribution in [1.82, 2.24) is 0 Å². The van der Waals surface area contributed by atoms with Gasteiger partial charge < -0.3 is 12.3 Å². The predicted molar refractivity (Wildman–Crippen MR) is 103 cm³/mol. The van der Waals surface area contributed by atoms with Crippen molar-refractivity contribution in [3.63, 3.8) is 0 Å². The molecule has 3 nitrogen and oxygen atoms in total. The van der Waals surface area contributed by atoms with Crippen LogP contribution in [0.2, 0.25) is 0 Å². The molecule has 0 bridgehead atoms. The smallest absolute Gasteiger partial charge is 0.281 e. The summed E-state index contributed by atoms with van der Waals surface area (Å²) < 4.78 is 0. The van der Waals surface area contributed by atoms with E-state index in [2.05, 4.69) is 24.9 Å². The van der Waals surface area contributed by atoms with E-state index in [1.54, 1.807) is 6.07 Å². The summed E-state index contributed by atoms with van der Waals surface area (Å²) in [4.78, 5) is 5.23. The van der Waals surface area contributed by atoms with E-state index in [1.807, 2.05) is 69.1 Å². The summed E-state index contributed by atoms with van der Waals surface area (Å²) in [6.07, 6.45) is 1.25. The molecule has 0 unspecified atom stereocenters. The first-order valence-corrected chi connectivity index (χ1v) is 7.80. The second-order valence-corrected chi connectivity index (χ2v) is 4.59. The minimum Gasteiger partial charge on any atom is -0.368 e. The van der Waals surface area contributed by atoms with Gasteiger partial charge in [0.2, 0.25) is 5.39 Å². The first kappa shape index (κ1) is 27.6. The molecule has 0 aromatic heterocycles. The van der Waals surface area contributed by atoms with Gasteiger partial charge in [0, 0.05) is 45.4 Å². The van der Waals surface area contributed by atoms with Crippen LogP contribution < -0.4 is 4.90 Å². The molecule has 0 aliphatic carbocycles. The third-order valence-electron chi connectivity index (χ3n) is 2.73. The number of rotatable bonds is 2. The zero-order valence-electron chi connectivity index (χ0n) is 16.2. The summed E-state index contributed by atoms with van der Waals surface area (Å²) in [5.41, 5.74) is 3.51. The number of hydrogen-bond donors (Lipinski definition) is 0. The van der Waals surface area contributed by atoms with Crippen LogP contribution in [0, 0.1) is 25.8 Å². The molecule has 0 saturated carbocycles. The average molecular weight is 401 g/mol. The van der Waals surface area contributed by atoms with Gasteiger partial charge in [-0.05, 0) is 12.1 Å². The quantitative estimate of drug-likeness (QED) is 0.403. The Balaban J connectivity index is -0.000000570. The molecule has 0 amide bonds. The van der Waals surface area contributed by atoms with Crippen LogP contribution in [0.15, 0.2) is 42.5 Å². The summed E-state index contributed by atoms with van der Waals surface area (Å²) in [5, 5.41) is 8.76. The molecule has 2 aromatic rings. The standard InChI is InChI=1S/C14H13N3.C3H8.C2H6.CH3.Y/c1-11-10-13(8-9-14(11)16-15)17(2)12-6-4-3-5-7-12;1-3-2;1-2;;/h3-7,9-10H,1-2H3;3H2,1-2H3;1-2H3;1H3;/q;;;-1;. The molecule has 4 heteroatoms. The van der Waals surface area contributed by atoms with Crippen molar-refractivity contribution in [2.24, 2.45) is 0 Å². The van der Waals surface area contributed by atoms with E-state index < -0.39 is 0 Å². The van der Waals surface area contributed by atoms with Gasteiger partial charge in [0.1, 0.15) is 0 Å². The zero-order valence-corrected chi connectivity index (χ0v) is 19.0. The second kappa shape index (κ2) is 16.6. The maximum atomic E-state index is 8.76. The van der Waals surface area contributed by atoms with Crippen molar-refractivity contribution in [3.05, 3.63) is 66.5 Å². The van der Waals surface area contributed by atoms with Crippen molar-refractivity contribution in [1.29, 1.82) is 5.39 Å². The third kappa shape index (κ3) is 9.16. The molecule has 0 aliphatic rings. The molecular weight excluding hydrogens is 371 g/mol. The normalized spacial score (nSPS) is 7.88. The van der Waals surface area contributed by atoms with Gasteiger partial charge in [0.15, 0.2) is 0 Å². The van der Waals surface area contributed by atoms with Crippen LogP contribution in [-0.4, -0.2) is 7.05 Å². The summed E-state index contributed by atoms with van der Waals surface area (Å²) >= 11 is 0. The molecule has 129 valence electrons. The fourth-order valence-electron chi connectivity index (χ4n) is 1.67. The Kier molecular flexibility index (Phi) is 19.1. The topological polar surface area (TPSA) is 31.4 Å². The molecule has 1 radical (unpaired) electrons. The van der Waals surface area contributed by atoms with Gasteiger partial charge in [-0.25, -0.2) is 0 Å². The van der Waals surface area contributed by atoms with Crippen LogP contribution in [0.3, 0.4) is 0 Å². The SMILES string of the molecule is CC.CCC.Cc1cc(N(C)c2ccccc2)[c-]cc1[N+]#N.[CH3-].[Y]. The monoisotopic (exact) mass is 401 g/mol. The molecule has 0 N–H and O–H groups in total. The average Bonchev–Trinajstić information content (AvgIpc) is 2.57. The van der Waals surface area contributed by atoms with Crippen LogP contribution in [0.4, 0.5) is 17.1 Å². The molecule has 0 spiro atoms. The zero-order chi connectivity index (χ0) is 17.0. The van der Waals surface area contributed by atoms with Gasteiger partial charge in [-0.3, -0.25) is 0 Å². The minimum absolute atomic E-state index is 0. The number of anilines is 2. The molecule has 0 atom stereocenters. The summed E-state index contributed by atoms with van der Waals surface area (Å²) in [7, 11) is 1.98. The Labute approximate surface area is 174 Å². The first-order valence-electron chi connectivity index (χ1n) is 7.80. The van der Waals surface area contributed by atoms with Crippen molar-refractivity contribution < 1.29 is 32.7 Å². The number of nitrogens with zero attached hydrogens (tertiary/aromatic N) is 3. The van der Waals surface area contributed by atoms with Gasteiger partial charge in [-0.15, -0.1) is 6.07 Å². The molecule has 0 saturated heterocycles. The van der Waals surface area contributed by atoms with E-state index >= 15 is 0 Å². The number of benzene rings is 2. The third-order valence-corrected chi connectivity index (χ3v) is 2.73. The maximum absolute atomic E-state index is 8.76. The summed E-state index contributed by atoms with van der Waals surface area (Å²) in [6.45, 7) is 10.2. The number of para-hydroxylation sites is 1. The number of aryl methyl sites for hydroxylation is 1. The minimum atomic E-state index is 0. The molecule has 24 heavy (non-hydrogen) atoms. The summed E-state index contributed by atoms with van der Waals surface area (Å²) in [5.74, 6) is 0. The van der Waals surface area contributed by atoms with E-state index in [1.165, 1.54) is 6.42 Å². The van der Waals surface area contributed by atoms with Crippen LogP contribution in [0.1, 0.15) is 39.7 Å². The molecule has 0 aliphatic heterocycles. The molecule has 2 aromatic carbocycles. The molecule has 2 rings (SSSR count). The Morgan fingerprint density at radius 3 is 2.04 bits per heavy atom. The van der Waals surface area contributed by atoms with Crippen molar-refractivity contribution in [3.8, 4) is 0 Å². The van der Waals surface area contributed by atoms with Gasteiger partial charge in [0.05, 0.1) is 4.98 Å². The van der Waals surface area contributed by atoms with Gasteiger partial charge in [-0.2, -0.15) is 6.07 Å². The van der Waals surface area contributed by atoms with Crippen molar-refractivity contribution in [2.75, 3.05) is 11.9 Å². The Morgan fingerprint density at radius 1 is 1.12 bits per heavy atom. The molecule has 0 heterocycles. The fraction of sp³-hybridized carbons (Fsp3) is 0.350. The van der Waals surface area contributed by atoms with Crippen LogP contribution in [0.5, 0.6) is 0 Å². The van der Waals surface area contributed by atoms with Crippen molar-refractivity contribution in [2.45, 2.75) is 41.0 Å². The van der Waals surface area contributed by atoms with E-state index in [-0.39, 0.29) is 40.1 Å². The number of diazo groups is 1. The van der Waals surface area contributed by atoms with Crippen LogP contribution in [0.25, 0.3) is 4.98 Å². The summed E-state index contributed by atoms with van der Waals surface area (Å²) in [6, 6.07) is 16.8. The van der Waals surface area contributed by atoms with Gasteiger partial charge >= 0.3 is 0 Å². The Hall–Kier alpha value is -1.24. The van der Waals surface area contributed by atoms with E-state index in [9.17, 15) is 0 Å². The van der Waals surface area contributed by atoms with E-state index in [0.717, 1.165) is 16.9 Å². The second-order valence-electron chi connectivity index (χ2n) is 4.59. The fourth-order valence-corrected chi connectivity index (χ4v) is 1.67. The van der Waals surface area contributed by atoms with Crippen LogP contribution in [-0.2, 0) is 32.7 Å². The Morgan fingerprint density at radius 2 is 1.62 bits per heavy atom. The number of hydrogen-bond acceptors (Lipinski definition) is 2. The Bertz CT molecular complexity index is 577. The van der Waals surface area contributed by atoms with Crippen molar-refractivity contribution >= 4 is 17.1 Å². The van der Waals surface area contributed by atoms with E-state index in [0.29, 0.717) is 5.69 Å².